The van der Waals surface area contributed by atoms with Crippen LogP contribution >= 0.6 is 11.6 Å². The number of nitrogens with one attached hydrogen (secondary N) is 1. The molecular formula is C28H32ClN3O4S. The van der Waals surface area contributed by atoms with Crippen molar-refractivity contribution in [2.75, 3.05) is 17.9 Å². The Morgan fingerprint density at radius 2 is 1.49 bits per heavy atom. The van der Waals surface area contributed by atoms with Crippen LogP contribution in [0.4, 0.5) is 5.69 Å². The molecule has 9 heteroatoms. The van der Waals surface area contributed by atoms with E-state index in [4.69, 9.17) is 11.6 Å². The van der Waals surface area contributed by atoms with Crippen molar-refractivity contribution in [3.63, 3.8) is 0 Å². The fraction of sp³-hybridized carbons (Fsp3) is 0.286. The van der Waals surface area contributed by atoms with Gasteiger partial charge in [-0.15, -0.1) is 0 Å². The molecule has 3 rings (SSSR count). The summed E-state index contributed by atoms with van der Waals surface area (Å²) in [5, 5.41) is 3.07. The maximum absolute atomic E-state index is 13.9. The van der Waals surface area contributed by atoms with E-state index in [0.29, 0.717) is 29.1 Å². The van der Waals surface area contributed by atoms with Gasteiger partial charge in [0.1, 0.15) is 12.6 Å². The third-order valence-corrected chi connectivity index (χ3v) is 8.32. The Bertz CT molecular complexity index is 1330. The van der Waals surface area contributed by atoms with Gasteiger partial charge in [-0.1, -0.05) is 80.0 Å². The predicted octanol–water partition coefficient (Wildman–Crippen LogP) is 4.65. The first kappa shape index (κ1) is 28.2. The van der Waals surface area contributed by atoms with Crippen LogP contribution < -0.4 is 9.62 Å². The molecule has 1 N–H and O–H groups in total. The van der Waals surface area contributed by atoms with Crippen LogP contribution in [0.3, 0.4) is 0 Å². The van der Waals surface area contributed by atoms with Gasteiger partial charge in [-0.2, -0.15) is 0 Å². The van der Waals surface area contributed by atoms with E-state index < -0.39 is 28.5 Å². The SMILES string of the molecule is CCc1ccccc1N(CC(=O)N(Cc1ccccc1Cl)C(CC)C(=O)NC)S(=O)(=O)c1ccccc1. The lowest BCUT2D eigenvalue weighted by Crippen LogP contribution is -2.51. The van der Waals surface area contributed by atoms with E-state index in [1.165, 1.54) is 24.1 Å². The van der Waals surface area contributed by atoms with Crippen LogP contribution in [0.5, 0.6) is 0 Å². The number of benzene rings is 3. The molecule has 0 heterocycles. The standard InChI is InChI=1S/C28H32ClN3O4S/c1-4-21-13-10-12-18-26(21)32(37(35,36)23-15-7-6-8-16-23)20-27(33)31(25(5-2)28(34)30-3)19-22-14-9-11-17-24(22)29/h6-18,25H,4-5,19-20H2,1-3H3,(H,30,34). The zero-order chi connectivity index (χ0) is 27.0. The molecule has 0 radical (unpaired) electrons. The number of rotatable bonds is 11. The summed E-state index contributed by atoms with van der Waals surface area (Å²) in [5.74, 6) is -0.852. The highest BCUT2D eigenvalue weighted by Crippen LogP contribution is 2.28. The molecule has 0 saturated carbocycles. The molecular weight excluding hydrogens is 510 g/mol. The lowest BCUT2D eigenvalue weighted by Gasteiger charge is -2.33. The van der Waals surface area contributed by atoms with Crippen LogP contribution in [0, 0.1) is 0 Å². The zero-order valence-electron chi connectivity index (χ0n) is 21.2. The highest BCUT2D eigenvalue weighted by molar-refractivity contribution is 7.92. The molecule has 3 aromatic carbocycles. The molecule has 0 aromatic heterocycles. The molecule has 0 saturated heterocycles. The number of aryl methyl sites for hydroxylation is 1. The van der Waals surface area contributed by atoms with Crippen LogP contribution in [0.1, 0.15) is 31.4 Å². The van der Waals surface area contributed by atoms with Crippen molar-refractivity contribution < 1.29 is 18.0 Å². The fourth-order valence-corrected chi connectivity index (χ4v) is 5.85. The van der Waals surface area contributed by atoms with Crippen molar-refractivity contribution in [1.82, 2.24) is 10.2 Å². The van der Waals surface area contributed by atoms with Crippen molar-refractivity contribution >= 4 is 39.1 Å². The summed E-state index contributed by atoms with van der Waals surface area (Å²) >= 11 is 6.38. The quantitative estimate of drug-likeness (QED) is 0.383. The Balaban J connectivity index is 2.10. The van der Waals surface area contributed by atoms with Crippen LogP contribution in [-0.4, -0.2) is 44.8 Å². The Labute approximate surface area is 224 Å². The Hall–Kier alpha value is -3.36. The van der Waals surface area contributed by atoms with Crippen molar-refractivity contribution in [1.29, 1.82) is 0 Å². The van der Waals surface area contributed by atoms with Gasteiger partial charge in [0, 0.05) is 18.6 Å². The number of carbonyl (C=O) groups excluding carboxylic acids is 2. The highest BCUT2D eigenvalue weighted by Gasteiger charge is 2.34. The van der Waals surface area contributed by atoms with Gasteiger partial charge >= 0.3 is 0 Å². The third-order valence-electron chi connectivity index (χ3n) is 6.18. The number of halogens is 1. The second-order valence-corrected chi connectivity index (χ2v) is 10.7. The summed E-state index contributed by atoms with van der Waals surface area (Å²) in [4.78, 5) is 28.2. The largest absolute Gasteiger partial charge is 0.357 e. The van der Waals surface area contributed by atoms with E-state index in [1.807, 2.05) is 19.1 Å². The van der Waals surface area contributed by atoms with Gasteiger partial charge in [-0.05, 0) is 48.2 Å². The minimum absolute atomic E-state index is 0.0546. The average Bonchev–Trinajstić information content (AvgIpc) is 2.92. The molecule has 37 heavy (non-hydrogen) atoms. The van der Waals surface area contributed by atoms with Gasteiger partial charge in [0.05, 0.1) is 10.6 Å². The molecule has 1 unspecified atom stereocenters. The number of hydrogen-bond donors (Lipinski definition) is 1. The van der Waals surface area contributed by atoms with Crippen molar-refractivity contribution in [3.05, 3.63) is 95.0 Å². The van der Waals surface area contributed by atoms with Crippen LogP contribution in [0.15, 0.2) is 83.8 Å². The van der Waals surface area contributed by atoms with Crippen molar-refractivity contribution in [2.24, 2.45) is 0 Å². The highest BCUT2D eigenvalue weighted by atomic mass is 35.5. The lowest BCUT2D eigenvalue weighted by molar-refractivity contribution is -0.140. The van der Waals surface area contributed by atoms with E-state index in [2.05, 4.69) is 5.32 Å². The molecule has 3 aromatic rings. The van der Waals surface area contributed by atoms with Gasteiger partial charge in [-0.3, -0.25) is 13.9 Å². The first-order valence-electron chi connectivity index (χ1n) is 12.1. The van der Waals surface area contributed by atoms with Gasteiger partial charge < -0.3 is 10.2 Å². The molecule has 0 spiro atoms. The van der Waals surface area contributed by atoms with Crippen LogP contribution in [0.2, 0.25) is 5.02 Å². The second kappa shape index (κ2) is 12.7. The predicted molar refractivity (Wildman–Crippen MR) is 147 cm³/mol. The Morgan fingerprint density at radius 1 is 0.892 bits per heavy atom. The van der Waals surface area contributed by atoms with Gasteiger partial charge in [0.15, 0.2) is 0 Å². The minimum atomic E-state index is -4.10. The van der Waals surface area contributed by atoms with Gasteiger partial charge in [-0.25, -0.2) is 8.42 Å². The van der Waals surface area contributed by atoms with Gasteiger partial charge in [0.25, 0.3) is 10.0 Å². The Morgan fingerprint density at radius 3 is 2.08 bits per heavy atom. The number of anilines is 1. The molecule has 196 valence electrons. The summed E-state index contributed by atoms with van der Waals surface area (Å²) < 4.78 is 28.8. The summed E-state index contributed by atoms with van der Waals surface area (Å²) in [6.45, 7) is 3.30. The van der Waals surface area contributed by atoms with Crippen LogP contribution in [-0.2, 0) is 32.6 Å². The summed E-state index contributed by atoms with van der Waals surface area (Å²) in [5.41, 5.74) is 1.87. The number of carbonyl (C=O) groups is 2. The zero-order valence-corrected chi connectivity index (χ0v) is 22.8. The number of nitrogens with zero attached hydrogens (tertiary/aromatic N) is 2. The molecule has 1 atom stereocenters. The second-order valence-electron chi connectivity index (χ2n) is 8.46. The third kappa shape index (κ3) is 6.50. The molecule has 7 nitrogen and oxygen atoms in total. The minimum Gasteiger partial charge on any atom is -0.357 e. The molecule has 2 amide bonds. The van der Waals surface area contributed by atoms with Crippen molar-refractivity contribution in [2.45, 2.75) is 44.2 Å². The number of hydrogen-bond acceptors (Lipinski definition) is 4. The number of para-hydroxylation sites is 1. The smallest absolute Gasteiger partial charge is 0.264 e. The Kier molecular flexibility index (Phi) is 9.72. The molecule has 0 aliphatic rings. The van der Waals surface area contributed by atoms with E-state index in [1.54, 1.807) is 61.5 Å². The van der Waals surface area contributed by atoms with Crippen molar-refractivity contribution in [3.8, 4) is 0 Å². The normalized spacial score (nSPS) is 12.0. The van der Waals surface area contributed by atoms with E-state index >= 15 is 0 Å². The summed E-state index contributed by atoms with van der Waals surface area (Å²) in [6, 6.07) is 21.4. The molecule has 0 aliphatic carbocycles. The molecule has 0 bridgehead atoms. The maximum Gasteiger partial charge on any atom is 0.264 e. The summed E-state index contributed by atoms with van der Waals surface area (Å²) in [6.07, 6.45) is 0.914. The topological polar surface area (TPSA) is 86.8 Å². The molecule has 0 fully saturated rings. The summed E-state index contributed by atoms with van der Waals surface area (Å²) in [7, 11) is -2.59. The monoisotopic (exact) mass is 541 g/mol. The molecule has 0 aliphatic heterocycles. The van der Waals surface area contributed by atoms with E-state index in [9.17, 15) is 18.0 Å². The average molecular weight is 542 g/mol. The number of likely N-dealkylation sites (N-methyl/N-ethyl adjacent to an activating group) is 1. The van der Waals surface area contributed by atoms with Crippen LogP contribution in [0.25, 0.3) is 0 Å². The number of sulfonamides is 1. The van der Waals surface area contributed by atoms with E-state index in [-0.39, 0.29) is 17.3 Å². The van der Waals surface area contributed by atoms with Gasteiger partial charge in [0.2, 0.25) is 11.8 Å². The van der Waals surface area contributed by atoms with E-state index in [0.717, 1.165) is 9.87 Å². The first-order chi connectivity index (χ1) is 17.7. The maximum atomic E-state index is 13.9. The lowest BCUT2D eigenvalue weighted by atomic mass is 10.1. The first-order valence-corrected chi connectivity index (χ1v) is 14.0. The number of amides is 2. The fourth-order valence-electron chi connectivity index (χ4n) is 4.18.